The highest BCUT2D eigenvalue weighted by Crippen LogP contribution is 2.17. The van der Waals surface area contributed by atoms with Crippen molar-refractivity contribution >= 4 is 10.0 Å². The molecule has 0 bridgehead atoms. The van der Waals surface area contributed by atoms with E-state index in [0.717, 1.165) is 24.8 Å². The summed E-state index contributed by atoms with van der Waals surface area (Å²) in [7, 11) is -2.01. The van der Waals surface area contributed by atoms with Crippen LogP contribution in [0.2, 0.25) is 0 Å². The number of hydrogen-bond acceptors (Lipinski definition) is 3. The summed E-state index contributed by atoms with van der Waals surface area (Å²) in [5, 5.41) is 0. The van der Waals surface area contributed by atoms with Crippen LogP contribution in [-0.2, 0) is 21.2 Å². The smallest absolute Gasteiger partial charge is 0.245 e. The zero-order valence-electron chi connectivity index (χ0n) is 15.2. The van der Waals surface area contributed by atoms with Crippen LogP contribution in [0, 0.1) is 13.8 Å². The van der Waals surface area contributed by atoms with Gasteiger partial charge in [-0.25, -0.2) is 8.42 Å². The molecule has 0 heterocycles. The van der Waals surface area contributed by atoms with E-state index in [1.165, 1.54) is 22.5 Å². The highest BCUT2D eigenvalue weighted by Gasteiger charge is 2.23. The molecule has 0 fully saturated rings. The summed E-state index contributed by atoms with van der Waals surface area (Å²) in [6, 6.07) is 15.4. The quantitative estimate of drug-likeness (QED) is 0.502. The number of unbranched alkanes of at least 4 members (excludes halogenated alkanes) is 1. The van der Waals surface area contributed by atoms with Crippen molar-refractivity contribution in [1.29, 1.82) is 0 Å². The maximum atomic E-state index is 12.8. The van der Waals surface area contributed by atoms with Crippen molar-refractivity contribution in [2.24, 2.45) is 0 Å². The van der Waals surface area contributed by atoms with Crippen molar-refractivity contribution in [3.8, 4) is 0 Å². The second-order valence-corrected chi connectivity index (χ2v) is 8.30. The van der Waals surface area contributed by atoms with Crippen LogP contribution in [-0.4, -0.2) is 33.1 Å². The van der Waals surface area contributed by atoms with Crippen LogP contribution in [0.4, 0.5) is 0 Å². The Morgan fingerprint density at radius 3 is 2.32 bits per heavy atom. The van der Waals surface area contributed by atoms with Crippen molar-refractivity contribution in [3.05, 3.63) is 65.2 Å². The van der Waals surface area contributed by atoms with E-state index in [9.17, 15) is 8.42 Å². The molecule has 2 rings (SSSR count). The maximum Gasteiger partial charge on any atom is 0.245 e. The molecule has 0 saturated heterocycles. The van der Waals surface area contributed by atoms with Gasteiger partial charge in [0.25, 0.3) is 0 Å². The molecular formula is C20H27NO3S. The fourth-order valence-electron chi connectivity index (χ4n) is 2.74. The lowest BCUT2D eigenvalue weighted by molar-refractivity contribution is 0.116. The fraction of sp³-hybridized carbons (Fsp3) is 0.400. The van der Waals surface area contributed by atoms with Crippen LogP contribution < -0.4 is 0 Å². The summed E-state index contributed by atoms with van der Waals surface area (Å²) in [5.74, 6) is 0. The fourth-order valence-corrected chi connectivity index (χ4v) is 4.13. The number of sulfonamides is 1. The van der Waals surface area contributed by atoms with E-state index in [-0.39, 0.29) is 6.73 Å². The summed E-state index contributed by atoms with van der Waals surface area (Å²) < 4.78 is 32.1. The van der Waals surface area contributed by atoms with Crippen molar-refractivity contribution < 1.29 is 13.2 Å². The average Bonchev–Trinajstić information content (AvgIpc) is 2.58. The Labute approximate surface area is 151 Å². The second kappa shape index (κ2) is 9.13. The minimum absolute atomic E-state index is 0.0701. The lowest BCUT2D eigenvalue weighted by Crippen LogP contribution is -2.33. The molecule has 0 radical (unpaired) electrons. The molecule has 0 spiro atoms. The summed E-state index contributed by atoms with van der Waals surface area (Å²) >= 11 is 0. The first-order valence-corrected chi connectivity index (χ1v) is 9.99. The molecule has 0 saturated carbocycles. The van der Waals surface area contributed by atoms with Gasteiger partial charge in [-0.15, -0.1) is 0 Å². The van der Waals surface area contributed by atoms with Gasteiger partial charge in [-0.05, 0) is 50.8 Å². The SMILES string of the molecule is COCN(CCCCc1cccc(C)c1)S(=O)(=O)c1ccc(C)cc1. The number of aryl methyl sites for hydroxylation is 3. The van der Waals surface area contributed by atoms with Gasteiger partial charge in [0.05, 0.1) is 4.90 Å². The minimum Gasteiger partial charge on any atom is -0.368 e. The number of methoxy groups -OCH3 is 1. The molecule has 4 nitrogen and oxygen atoms in total. The molecule has 2 aromatic rings. The van der Waals surface area contributed by atoms with Crippen LogP contribution in [0.3, 0.4) is 0 Å². The van der Waals surface area contributed by atoms with E-state index in [1.54, 1.807) is 12.1 Å². The molecule has 0 amide bonds. The summed E-state index contributed by atoms with van der Waals surface area (Å²) in [6.07, 6.45) is 2.68. The van der Waals surface area contributed by atoms with E-state index in [2.05, 4.69) is 31.2 Å². The average molecular weight is 362 g/mol. The summed E-state index contributed by atoms with van der Waals surface area (Å²) in [5.41, 5.74) is 3.58. The van der Waals surface area contributed by atoms with Crippen molar-refractivity contribution in [1.82, 2.24) is 4.31 Å². The monoisotopic (exact) mass is 361 g/mol. The van der Waals surface area contributed by atoms with Gasteiger partial charge in [0.15, 0.2) is 0 Å². The molecule has 0 aliphatic heterocycles. The van der Waals surface area contributed by atoms with E-state index >= 15 is 0 Å². The molecule has 0 N–H and O–H groups in total. The van der Waals surface area contributed by atoms with Crippen LogP contribution in [0.5, 0.6) is 0 Å². The van der Waals surface area contributed by atoms with E-state index in [4.69, 9.17) is 4.74 Å². The molecule has 25 heavy (non-hydrogen) atoms. The van der Waals surface area contributed by atoms with Gasteiger partial charge < -0.3 is 4.74 Å². The first-order chi connectivity index (χ1) is 11.9. The van der Waals surface area contributed by atoms with Crippen molar-refractivity contribution in [2.45, 2.75) is 38.0 Å². The van der Waals surface area contributed by atoms with Crippen LogP contribution in [0.1, 0.15) is 29.5 Å². The number of hydrogen-bond donors (Lipinski definition) is 0. The number of nitrogens with zero attached hydrogens (tertiary/aromatic N) is 1. The lowest BCUT2D eigenvalue weighted by atomic mass is 10.1. The predicted octanol–water partition coefficient (Wildman–Crippen LogP) is 3.92. The Bertz CT molecular complexity index is 770. The Morgan fingerprint density at radius 2 is 1.68 bits per heavy atom. The first kappa shape index (κ1) is 19.6. The van der Waals surface area contributed by atoms with Crippen molar-refractivity contribution in [2.75, 3.05) is 20.4 Å². The highest BCUT2D eigenvalue weighted by atomic mass is 32.2. The van der Waals surface area contributed by atoms with Crippen molar-refractivity contribution in [3.63, 3.8) is 0 Å². The Kier molecular flexibility index (Phi) is 7.17. The summed E-state index contributed by atoms with van der Waals surface area (Å²) in [4.78, 5) is 0.314. The summed E-state index contributed by atoms with van der Waals surface area (Å²) in [6.45, 7) is 4.54. The van der Waals surface area contributed by atoms with E-state index in [1.807, 2.05) is 19.1 Å². The Morgan fingerprint density at radius 1 is 0.960 bits per heavy atom. The number of benzene rings is 2. The normalized spacial score (nSPS) is 11.8. The zero-order chi connectivity index (χ0) is 18.3. The Hall–Kier alpha value is -1.69. The van der Waals surface area contributed by atoms with Gasteiger partial charge in [0.2, 0.25) is 10.0 Å². The van der Waals surface area contributed by atoms with Gasteiger partial charge >= 0.3 is 0 Å². The topological polar surface area (TPSA) is 46.6 Å². The lowest BCUT2D eigenvalue weighted by Gasteiger charge is -2.21. The number of ether oxygens (including phenoxy) is 1. The predicted molar refractivity (Wildman–Crippen MR) is 101 cm³/mol. The van der Waals surface area contributed by atoms with Crippen LogP contribution in [0.25, 0.3) is 0 Å². The standard InChI is InChI=1S/C20H27NO3S/c1-17-10-12-20(13-11-17)25(22,23)21(16-24-3)14-5-4-8-19-9-6-7-18(2)15-19/h6-7,9-13,15H,4-5,8,14,16H2,1-3H3. The van der Waals surface area contributed by atoms with Gasteiger partial charge in [0, 0.05) is 13.7 Å². The molecule has 0 aliphatic carbocycles. The van der Waals surface area contributed by atoms with E-state index < -0.39 is 10.0 Å². The van der Waals surface area contributed by atoms with Crippen LogP contribution in [0.15, 0.2) is 53.4 Å². The van der Waals surface area contributed by atoms with Gasteiger partial charge in [-0.2, -0.15) is 4.31 Å². The van der Waals surface area contributed by atoms with Gasteiger partial charge in [-0.1, -0.05) is 47.5 Å². The maximum absolute atomic E-state index is 12.8. The third kappa shape index (κ3) is 5.66. The largest absolute Gasteiger partial charge is 0.368 e. The molecule has 2 aromatic carbocycles. The highest BCUT2D eigenvalue weighted by molar-refractivity contribution is 7.89. The zero-order valence-corrected chi connectivity index (χ0v) is 16.1. The molecule has 0 aliphatic rings. The number of rotatable bonds is 9. The van der Waals surface area contributed by atoms with Gasteiger partial charge in [-0.3, -0.25) is 0 Å². The molecule has 0 unspecified atom stereocenters. The second-order valence-electron chi connectivity index (χ2n) is 6.36. The molecular weight excluding hydrogens is 334 g/mol. The molecule has 0 aromatic heterocycles. The molecule has 0 atom stereocenters. The third-order valence-electron chi connectivity index (χ3n) is 4.14. The third-order valence-corrected chi connectivity index (χ3v) is 5.97. The first-order valence-electron chi connectivity index (χ1n) is 8.55. The van der Waals surface area contributed by atoms with Gasteiger partial charge in [0.1, 0.15) is 6.73 Å². The van der Waals surface area contributed by atoms with Crippen LogP contribution >= 0.6 is 0 Å². The molecule has 136 valence electrons. The minimum atomic E-state index is -3.52. The van der Waals surface area contributed by atoms with E-state index in [0.29, 0.717) is 11.4 Å². The molecule has 5 heteroatoms. The Balaban J connectivity index is 1.96.